The number of aromatic nitrogens is 2. The van der Waals surface area contributed by atoms with Crippen LogP contribution in [0.5, 0.6) is 5.88 Å². The van der Waals surface area contributed by atoms with Gasteiger partial charge in [-0.05, 0) is 32.6 Å². The van der Waals surface area contributed by atoms with Gasteiger partial charge in [0.1, 0.15) is 6.33 Å². The second-order valence-corrected chi connectivity index (χ2v) is 8.31. The molecule has 1 fully saturated rings. The highest BCUT2D eigenvalue weighted by Crippen LogP contribution is 2.25. The van der Waals surface area contributed by atoms with Crippen LogP contribution in [0.15, 0.2) is 6.33 Å². The Morgan fingerprint density at radius 2 is 1.88 bits per heavy atom. The van der Waals surface area contributed by atoms with Crippen molar-refractivity contribution in [3.63, 3.8) is 0 Å². The van der Waals surface area contributed by atoms with Crippen molar-refractivity contribution in [1.82, 2.24) is 14.3 Å². The van der Waals surface area contributed by atoms with E-state index in [9.17, 15) is 21.6 Å². The molecule has 10 heteroatoms. The first-order valence-electron chi connectivity index (χ1n) is 8.04. The molecule has 0 spiro atoms. The maximum Gasteiger partial charge on any atom is 0.390 e. The van der Waals surface area contributed by atoms with Gasteiger partial charge >= 0.3 is 6.18 Å². The van der Waals surface area contributed by atoms with Crippen molar-refractivity contribution in [1.29, 1.82) is 0 Å². The minimum atomic E-state index is -4.47. The SMILES string of the molecule is Cc1ncnc(OCC2CCN(S(=O)(=O)CCC(F)(F)F)CC2)c1C. The van der Waals surface area contributed by atoms with E-state index in [2.05, 4.69) is 9.97 Å². The van der Waals surface area contributed by atoms with E-state index in [1.165, 1.54) is 6.33 Å². The van der Waals surface area contributed by atoms with E-state index >= 15 is 0 Å². The van der Waals surface area contributed by atoms with E-state index in [1.807, 2.05) is 13.8 Å². The van der Waals surface area contributed by atoms with E-state index in [4.69, 9.17) is 4.74 Å². The Bertz CT molecular complexity index is 687. The Morgan fingerprint density at radius 3 is 2.48 bits per heavy atom. The fourth-order valence-electron chi connectivity index (χ4n) is 2.59. The third-order valence-corrected chi connectivity index (χ3v) is 6.23. The molecule has 0 aromatic carbocycles. The predicted octanol–water partition coefficient (Wildman–Crippen LogP) is 2.47. The number of sulfonamides is 1. The van der Waals surface area contributed by atoms with Crippen molar-refractivity contribution < 1.29 is 26.3 Å². The lowest BCUT2D eigenvalue weighted by molar-refractivity contribution is -0.130. The molecule has 0 aliphatic carbocycles. The Morgan fingerprint density at radius 1 is 1.24 bits per heavy atom. The molecule has 1 aliphatic heterocycles. The summed E-state index contributed by atoms with van der Waals surface area (Å²) < 4.78 is 67.5. The molecule has 2 rings (SSSR count). The van der Waals surface area contributed by atoms with Crippen LogP contribution in [-0.2, 0) is 10.0 Å². The number of piperidine rings is 1. The van der Waals surface area contributed by atoms with Crippen molar-refractivity contribution in [3.05, 3.63) is 17.6 Å². The van der Waals surface area contributed by atoms with E-state index in [0.717, 1.165) is 15.6 Å². The number of ether oxygens (including phenoxy) is 1. The highest BCUT2D eigenvalue weighted by molar-refractivity contribution is 7.89. The Balaban J connectivity index is 1.82. The Kier molecular flexibility index (Phi) is 6.26. The Hall–Kier alpha value is -1.42. The van der Waals surface area contributed by atoms with Crippen LogP contribution >= 0.6 is 0 Å². The molecule has 1 aliphatic rings. The summed E-state index contributed by atoms with van der Waals surface area (Å²) in [4.78, 5) is 8.14. The van der Waals surface area contributed by atoms with Gasteiger partial charge in [0.15, 0.2) is 0 Å². The standard InChI is InChI=1S/C15H22F3N3O3S/c1-11-12(2)19-10-20-14(11)24-9-13-3-6-21(7-4-13)25(22,23)8-5-15(16,17)18/h10,13H,3-9H2,1-2H3. The molecule has 142 valence electrons. The third kappa shape index (κ3) is 5.81. The molecule has 1 saturated heterocycles. The first-order valence-corrected chi connectivity index (χ1v) is 9.65. The zero-order chi connectivity index (χ0) is 18.7. The number of hydrogen-bond acceptors (Lipinski definition) is 5. The number of rotatable bonds is 6. The number of nitrogens with zero attached hydrogens (tertiary/aromatic N) is 3. The number of alkyl halides is 3. The second kappa shape index (κ2) is 7.86. The molecular weight excluding hydrogens is 359 g/mol. The maximum atomic E-state index is 12.2. The van der Waals surface area contributed by atoms with Gasteiger partial charge in [-0.2, -0.15) is 13.2 Å². The van der Waals surface area contributed by atoms with Crippen molar-refractivity contribution in [2.24, 2.45) is 5.92 Å². The van der Waals surface area contributed by atoms with Crippen LogP contribution in [0.3, 0.4) is 0 Å². The lowest BCUT2D eigenvalue weighted by Crippen LogP contribution is -2.41. The highest BCUT2D eigenvalue weighted by atomic mass is 32.2. The van der Waals surface area contributed by atoms with Crippen LogP contribution in [0.2, 0.25) is 0 Å². The molecule has 0 saturated carbocycles. The molecular formula is C15H22F3N3O3S. The molecule has 0 amide bonds. The van der Waals surface area contributed by atoms with E-state index < -0.39 is 28.4 Å². The molecule has 1 aromatic heterocycles. The van der Waals surface area contributed by atoms with Crippen molar-refractivity contribution in [3.8, 4) is 5.88 Å². The first kappa shape index (κ1) is 19.9. The van der Waals surface area contributed by atoms with E-state index in [1.54, 1.807) is 0 Å². The summed E-state index contributed by atoms with van der Waals surface area (Å²) in [6.45, 7) is 4.55. The maximum absolute atomic E-state index is 12.2. The fraction of sp³-hybridized carbons (Fsp3) is 0.733. The minimum Gasteiger partial charge on any atom is -0.477 e. The summed E-state index contributed by atoms with van der Waals surface area (Å²) in [6.07, 6.45) is -3.26. The van der Waals surface area contributed by atoms with Gasteiger partial charge in [0.25, 0.3) is 0 Å². The average molecular weight is 381 g/mol. The van der Waals surface area contributed by atoms with Crippen LogP contribution in [0.1, 0.15) is 30.5 Å². The molecule has 0 radical (unpaired) electrons. The largest absolute Gasteiger partial charge is 0.477 e. The van der Waals surface area contributed by atoms with Crippen LogP contribution in [0.4, 0.5) is 13.2 Å². The van der Waals surface area contributed by atoms with Gasteiger partial charge in [-0.15, -0.1) is 0 Å². The lowest BCUT2D eigenvalue weighted by Gasteiger charge is -2.31. The first-order chi connectivity index (χ1) is 11.6. The van der Waals surface area contributed by atoms with Gasteiger partial charge in [0.05, 0.1) is 18.8 Å². The van der Waals surface area contributed by atoms with E-state index in [-0.39, 0.29) is 19.0 Å². The number of hydrogen-bond donors (Lipinski definition) is 0. The zero-order valence-corrected chi connectivity index (χ0v) is 15.0. The van der Waals surface area contributed by atoms with Crippen LogP contribution in [0.25, 0.3) is 0 Å². The van der Waals surface area contributed by atoms with Gasteiger partial charge in [-0.1, -0.05) is 0 Å². The molecule has 2 heterocycles. The minimum absolute atomic E-state index is 0.142. The van der Waals surface area contributed by atoms with Crippen molar-refractivity contribution in [2.45, 2.75) is 39.3 Å². The average Bonchev–Trinajstić information content (AvgIpc) is 2.54. The van der Waals surface area contributed by atoms with Crippen LogP contribution in [-0.4, -0.2) is 54.3 Å². The molecule has 6 nitrogen and oxygen atoms in total. The molecule has 0 N–H and O–H groups in total. The van der Waals surface area contributed by atoms with E-state index in [0.29, 0.717) is 25.3 Å². The van der Waals surface area contributed by atoms with Gasteiger partial charge in [-0.25, -0.2) is 22.7 Å². The van der Waals surface area contributed by atoms with Gasteiger partial charge in [0.2, 0.25) is 15.9 Å². The molecule has 1 aromatic rings. The van der Waals surface area contributed by atoms with Gasteiger partial charge < -0.3 is 4.74 Å². The topological polar surface area (TPSA) is 72.4 Å². The lowest BCUT2D eigenvalue weighted by atomic mass is 9.99. The summed E-state index contributed by atoms with van der Waals surface area (Å²) in [6, 6.07) is 0. The van der Waals surface area contributed by atoms with Crippen molar-refractivity contribution >= 4 is 10.0 Å². The predicted molar refractivity (Wildman–Crippen MR) is 85.8 cm³/mol. The second-order valence-electron chi connectivity index (χ2n) is 6.22. The quantitative estimate of drug-likeness (QED) is 0.757. The van der Waals surface area contributed by atoms with Crippen molar-refractivity contribution in [2.75, 3.05) is 25.4 Å². The van der Waals surface area contributed by atoms with Gasteiger partial charge in [0, 0.05) is 24.3 Å². The molecule has 25 heavy (non-hydrogen) atoms. The normalized spacial score (nSPS) is 17.6. The summed E-state index contributed by atoms with van der Waals surface area (Å²) in [5.41, 5.74) is 1.69. The molecule has 0 atom stereocenters. The summed E-state index contributed by atoms with van der Waals surface area (Å²) in [5, 5.41) is 0. The van der Waals surface area contributed by atoms with Crippen LogP contribution in [0, 0.1) is 19.8 Å². The molecule has 0 unspecified atom stereocenters. The summed E-state index contributed by atoms with van der Waals surface area (Å²) in [5.74, 6) is -0.242. The van der Waals surface area contributed by atoms with Gasteiger partial charge in [-0.3, -0.25) is 0 Å². The number of halogens is 3. The Labute approximate surface area is 145 Å². The summed E-state index contributed by atoms with van der Waals surface area (Å²) in [7, 11) is -3.87. The third-order valence-electron chi connectivity index (χ3n) is 4.36. The highest BCUT2D eigenvalue weighted by Gasteiger charge is 2.34. The summed E-state index contributed by atoms with van der Waals surface area (Å²) >= 11 is 0. The monoisotopic (exact) mass is 381 g/mol. The molecule has 0 bridgehead atoms. The smallest absolute Gasteiger partial charge is 0.390 e. The number of aryl methyl sites for hydroxylation is 1. The fourth-order valence-corrected chi connectivity index (χ4v) is 4.10. The van der Waals surface area contributed by atoms with Crippen LogP contribution < -0.4 is 4.74 Å². The zero-order valence-electron chi connectivity index (χ0n) is 14.2.